The fourth-order valence-corrected chi connectivity index (χ4v) is 10.1. The van der Waals surface area contributed by atoms with Crippen molar-refractivity contribution in [3.05, 3.63) is 12.7 Å². The lowest BCUT2D eigenvalue weighted by atomic mass is 10.1. The normalized spacial score (nSPS) is 14.7. The van der Waals surface area contributed by atoms with Gasteiger partial charge < -0.3 is 24.5 Å². The molecule has 9 nitrogen and oxygen atoms in total. The average Bonchev–Trinajstić information content (AvgIpc) is 3.41. The Kier molecular flexibility index (Phi) is 19.5. The van der Waals surface area contributed by atoms with Gasteiger partial charge in [0, 0.05) is 0 Å². The maximum Gasteiger partial charge on any atom is 0.353 e. The largest absolute Gasteiger partial charge is 0.382 e. The summed E-state index contributed by atoms with van der Waals surface area (Å²) in [5.74, 6) is 8.16. The van der Waals surface area contributed by atoms with Crippen LogP contribution in [0, 0.1) is 0 Å². The van der Waals surface area contributed by atoms with Crippen molar-refractivity contribution in [3.63, 3.8) is 0 Å². The molecule has 0 aliphatic rings. The maximum atomic E-state index is 12.3. The second kappa shape index (κ2) is 21.8. The van der Waals surface area contributed by atoms with Crippen LogP contribution in [0.2, 0.25) is 0 Å². The van der Waals surface area contributed by atoms with Gasteiger partial charge in [-0.3, -0.25) is 4.57 Å². The number of unbranched alkanes of at least 4 members (excludes halogenated alkanes) is 10. The molecule has 250 valence electrons. The first-order chi connectivity index (χ1) is 20.8. The van der Waals surface area contributed by atoms with E-state index < -0.39 is 7.60 Å². The highest BCUT2D eigenvalue weighted by atomic mass is 32.3. The maximum absolute atomic E-state index is 12.3. The molecular weight excluding hydrogens is 601 g/mol. The van der Waals surface area contributed by atoms with E-state index in [0.29, 0.717) is 23.5 Å². The van der Waals surface area contributed by atoms with Gasteiger partial charge in [-0.2, -0.15) is 11.8 Å². The Morgan fingerprint density at radius 3 is 2.12 bits per heavy atom. The van der Waals surface area contributed by atoms with Gasteiger partial charge in [-0.1, -0.05) is 78.6 Å². The third-order valence-corrected chi connectivity index (χ3v) is 15.4. The van der Waals surface area contributed by atoms with E-state index in [9.17, 15) is 9.46 Å². The fourth-order valence-electron chi connectivity index (χ4n) is 5.34. The predicted molar refractivity (Wildman–Crippen MR) is 188 cm³/mol. The Morgan fingerprint density at radius 1 is 0.907 bits per heavy atom. The summed E-state index contributed by atoms with van der Waals surface area (Å²) in [6.07, 6.45) is 18.2. The number of nitrogen functional groups attached to an aromatic ring is 1. The number of hydrogen-bond acceptors (Lipinski definition) is 8. The molecule has 0 saturated carbocycles. The number of rotatable bonds is 27. The second-order valence-electron chi connectivity index (χ2n) is 11.6. The molecular formula is C31H60N5O4PS2. The van der Waals surface area contributed by atoms with Crippen LogP contribution < -0.4 is 5.73 Å². The van der Waals surface area contributed by atoms with Gasteiger partial charge in [0.2, 0.25) is 0 Å². The summed E-state index contributed by atoms with van der Waals surface area (Å²) in [6.45, 7) is 9.71. The Balaban J connectivity index is 1.37. The summed E-state index contributed by atoms with van der Waals surface area (Å²) in [4.78, 5) is 22.5. The lowest BCUT2D eigenvalue weighted by molar-refractivity contribution is 0.0718. The van der Waals surface area contributed by atoms with Crippen molar-refractivity contribution in [2.24, 2.45) is 0 Å². The zero-order chi connectivity index (χ0) is 31.4. The third kappa shape index (κ3) is 15.3. The van der Waals surface area contributed by atoms with Crippen molar-refractivity contribution < 1.29 is 18.7 Å². The Labute approximate surface area is 267 Å². The molecule has 2 aromatic rings. The van der Waals surface area contributed by atoms with Crippen LogP contribution in [0.15, 0.2) is 12.7 Å². The zero-order valence-corrected chi connectivity index (χ0v) is 29.9. The molecule has 0 saturated heterocycles. The Bertz CT molecular complexity index is 1050. The summed E-state index contributed by atoms with van der Waals surface area (Å²) >= 11 is 1.90. The predicted octanol–water partition coefficient (Wildman–Crippen LogP) is 8.25. The smallest absolute Gasteiger partial charge is 0.353 e. The SMILES string of the molecule is CCS(CC)(CC)CCCCCCCCCCCCCSCCCOP(=O)(O)CO[C@H](C)Cn1cnc2c(N)ncnc21. The first-order valence-corrected chi connectivity index (χ1v) is 21.8. The average molecular weight is 662 g/mol. The standard InChI is InChI=1S/C31H60N5O4PS2/c1-5-43(6-2,7-3)23-18-16-14-12-10-8-9-11-13-15-17-21-42-22-19-20-40-41(37,38)27-39-28(4)24-36-26-35-29-30(32)33-25-34-31(29)36/h25-26,28H,5-24,27H2,1-4H3,(H,37,38)(H2,32,33,34)/t28-/m1/s1. The molecule has 0 spiro atoms. The van der Waals surface area contributed by atoms with Crippen LogP contribution in [-0.4, -0.2) is 78.0 Å². The minimum absolute atomic E-state index is 0.263. The molecule has 0 bridgehead atoms. The molecule has 2 heterocycles. The molecule has 43 heavy (non-hydrogen) atoms. The number of hydrogen-bond donors (Lipinski definition) is 2. The van der Waals surface area contributed by atoms with Crippen LogP contribution in [-0.2, 0) is 20.4 Å². The molecule has 2 atom stereocenters. The van der Waals surface area contributed by atoms with E-state index in [2.05, 4.69) is 35.7 Å². The van der Waals surface area contributed by atoms with E-state index in [4.69, 9.17) is 15.0 Å². The summed E-state index contributed by atoms with van der Waals surface area (Å²) in [7, 11) is -4.08. The summed E-state index contributed by atoms with van der Waals surface area (Å²) in [5, 5.41) is 0. The van der Waals surface area contributed by atoms with E-state index >= 15 is 0 Å². The van der Waals surface area contributed by atoms with Gasteiger partial charge in [-0.05, 0) is 60.7 Å². The van der Waals surface area contributed by atoms with Crippen LogP contribution in [0.1, 0.15) is 105 Å². The minimum atomic E-state index is -3.79. The van der Waals surface area contributed by atoms with E-state index in [1.807, 2.05) is 18.7 Å². The number of nitrogens with two attached hydrogens (primary N) is 1. The first-order valence-electron chi connectivity index (χ1n) is 16.6. The molecule has 3 N–H and O–H groups in total. The van der Waals surface area contributed by atoms with Crippen molar-refractivity contribution in [1.29, 1.82) is 0 Å². The van der Waals surface area contributed by atoms with Crippen LogP contribution in [0.25, 0.3) is 11.2 Å². The van der Waals surface area contributed by atoms with E-state index in [1.54, 1.807) is 10.9 Å². The molecule has 0 aromatic carbocycles. The number of fused-ring (bicyclic) bond motifs is 1. The van der Waals surface area contributed by atoms with Gasteiger partial charge in [0.1, 0.15) is 18.2 Å². The quantitative estimate of drug-likeness (QED) is 0.0719. The summed E-state index contributed by atoms with van der Waals surface area (Å²) in [5.41, 5.74) is 6.96. The Hall–Kier alpha value is -0.840. The first kappa shape index (κ1) is 38.3. The molecule has 0 aliphatic heterocycles. The number of nitrogens with zero attached hydrogens (tertiary/aromatic N) is 4. The number of anilines is 1. The third-order valence-electron chi connectivity index (χ3n) is 8.33. The number of thioether (sulfide) groups is 1. The topological polar surface area (TPSA) is 125 Å². The number of ether oxygens (including phenoxy) is 1. The van der Waals surface area contributed by atoms with Crippen molar-refractivity contribution in [2.45, 2.75) is 117 Å². The molecule has 2 aromatic heterocycles. The highest BCUT2D eigenvalue weighted by Crippen LogP contribution is 2.47. The molecule has 12 heteroatoms. The molecule has 1 unspecified atom stereocenters. The van der Waals surface area contributed by atoms with Crippen molar-refractivity contribution in [3.8, 4) is 0 Å². The van der Waals surface area contributed by atoms with Crippen molar-refractivity contribution in [1.82, 2.24) is 19.5 Å². The second-order valence-corrected chi connectivity index (χ2v) is 19.2. The van der Waals surface area contributed by atoms with Crippen molar-refractivity contribution in [2.75, 3.05) is 53.2 Å². The van der Waals surface area contributed by atoms with E-state index in [0.717, 1.165) is 17.9 Å². The van der Waals surface area contributed by atoms with E-state index in [1.165, 1.54) is 100.0 Å². The van der Waals surface area contributed by atoms with Gasteiger partial charge in [0.15, 0.2) is 11.5 Å². The molecule has 0 radical (unpaired) electrons. The summed E-state index contributed by atoms with van der Waals surface area (Å²) in [6, 6.07) is 0. The molecule has 0 amide bonds. The lowest BCUT2D eigenvalue weighted by Crippen LogP contribution is -2.17. The molecule has 0 aliphatic carbocycles. The van der Waals surface area contributed by atoms with Gasteiger partial charge >= 0.3 is 7.60 Å². The van der Waals surface area contributed by atoms with Gasteiger partial charge in [-0.15, -0.1) is 0 Å². The highest BCUT2D eigenvalue weighted by molar-refractivity contribution is 8.33. The number of imidazole rings is 1. The molecule has 0 fully saturated rings. The zero-order valence-electron chi connectivity index (χ0n) is 27.4. The van der Waals surface area contributed by atoms with Crippen LogP contribution in [0.4, 0.5) is 5.82 Å². The molecule has 2 rings (SSSR count). The summed E-state index contributed by atoms with van der Waals surface area (Å²) < 4.78 is 25.0. The van der Waals surface area contributed by atoms with Crippen LogP contribution in [0.3, 0.4) is 0 Å². The Morgan fingerprint density at radius 2 is 1.49 bits per heavy atom. The fraction of sp³-hybridized carbons (Fsp3) is 0.839. The van der Waals surface area contributed by atoms with Gasteiger partial charge in [-0.25, -0.2) is 25.0 Å². The van der Waals surface area contributed by atoms with Gasteiger partial charge in [0.25, 0.3) is 0 Å². The minimum Gasteiger partial charge on any atom is -0.382 e. The van der Waals surface area contributed by atoms with Gasteiger partial charge in [0.05, 0.1) is 25.6 Å². The lowest BCUT2D eigenvalue weighted by Gasteiger charge is -2.37. The van der Waals surface area contributed by atoms with Crippen LogP contribution >= 0.6 is 29.4 Å². The number of aromatic nitrogens is 4. The van der Waals surface area contributed by atoms with E-state index in [-0.39, 0.29) is 29.1 Å². The monoisotopic (exact) mass is 661 g/mol. The van der Waals surface area contributed by atoms with Crippen molar-refractivity contribution >= 4 is 46.4 Å². The van der Waals surface area contributed by atoms with Crippen LogP contribution in [0.5, 0.6) is 0 Å². The highest BCUT2D eigenvalue weighted by Gasteiger charge is 2.22.